The molecule has 1 amide bonds. The quantitative estimate of drug-likeness (QED) is 0.498. The van der Waals surface area contributed by atoms with Crippen molar-refractivity contribution in [3.05, 3.63) is 60.2 Å². The number of carbonyl (C=O) groups excluding carboxylic acids is 3. The minimum atomic E-state index is -0.801. The van der Waals surface area contributed by atoms with Gasteiger partial charge < -0.3 is 14.6 Å². The van der Waals surface area contributed by atoms with E-state index in [1.165, 1.54) is 30.4 Å². The molecule has 1 N–H and O–H groups in total. The zero-order valence-corrected chi connectivity index (χ0v) is 21.2. The van der Waals surface area contributed by atoms with E-state index >= 15 is 0 Å². The third-order valence-electron chi connectivity index (χ3n) is 5.62. The van der Waals surface area contributed by atoms with E-state index < -0.39 is 19.1 Å². The van der Waals surface area contributed by atoms with Crippen LogP contribution in [-0.2, 0) is 25.3 Å². The Balaban J connectivity index is 1.79. The summed E-state index contributed by atoms with van der Waals surface area (Å²) < 4.78 is 11.6. The Labute approximate surface area is 211 Å². The van der Waals surface area contributed by atoms with E-state index in [9.17, 15) is 14.4 Å². The first-order valence-corrected chi connectivity index (χ1v) is 12.9. The molecular formula is C25H32BN3O5S. The SMILES string of the molecule is CC(C)C[C@H](CC(=O)[C@H](Cc1ccccc1)NC(=O)c1cnccn1)B1OC[C@H](C)SCC(=O)O1. The lowest BCUT2D eigenvalue weighted by Crippen LogP contribution is -2.45. The number of amides is 1. The molecule has 10 heteroatoms. The highest BCUT2D eigenvalue weighted by molar-refractivity contribution is 8.00. The fourth-order valence-corrected chi connectivity index (χ4v) is 4.62. The summed E-state index contributed by atoms with van der Waals surface area (Å²) in [4.78, 5) is 46.7. The van der Waals surface area contributed by atoms with Gasteiger partial charge in [-0.05, 0) is 24.3 Å². The van der Waals surface area contributed by atoms with E-state index in [4.69, 9.17) is 9.31 Å². The summed E-state index contributed by atoms with van der Waals surface area (Å²) >= 11 is 1.49. The number of rotatable bonds is 10. The predicted molar refractivity (Wildman–Crippen MR) is 136 cm³/mol. The Hall–Kier alpha value is -2.72. The largest absolute Gasteiger partial charge is 0.531 e. The molecule has 0 saturated carbocycles. The molecule has 0 bridgehead atoms. The summed E-state index contributed by atoms with van der Waals surface area (Å²) in [6, 6.07) is 8.74. The number of thioether (sulfide) groups is 1. The molecule has 1 aromatic heterocycles. The van der Waals surface area contributed by atoms with E-state index in [1.807, 2.05) is 37.3 Å². The number of Topliss-reactive ketones (excluding diaryl/α,β-unsaturated/α-hetero) is 1. The van der Waals surface area contributed by atoms with Crippen LogP contribution < -0.4 is 5.32 Å². The van der Waals surface area contributed by atoms with E-state index in [0.717, 1.165) is 5.56 Å². The van der Waals surface area contributed by atoms with Gasteiger partial charge in [0.1, 0.15) is 5.69 Å². The number of hydrogen-bond acceptors (Lipinski definition) is 8. The zero-order chi connectivity index (χ0) is 25.2. The van der Waals surface area contributed by atoms with Crippen LogP contribution in [0, 0.1) is 5.92 Å². The predicted octanol–water partition coefficient (Wildman–Crippen LogP) is 3.38. The molecule has 1 aromatic carbocycles. The molecule has 1 aliphatic rings. The maximum absolute atomic E-state index is 13.6. The van der Waals surface area contributed by atoms with Crippen molar-refractivity contribution in [1.82, 2.24) is 15.3 Å². The van der Waals surface area contributed by atoms with Crippen LogP contribution in [0.1, 0.15) is 49.7 Å². The van der Waals surface area contributed by atoms with Crippen LogP contribution in [0.2, 0.25) is 5.82 Å². The molecule has 3 atom stereocenters. The first-order valence-electron chi connectivity index (χ1n) is 11.9. The van der Waals surface area contributed by atoms with Crippen molar-refractivity contribution >= 4 is 36.5 Å². The van der Waals surface area contributed by atoms with E-state index in [0.29, 0.717) is 19.4 Å². The van der Waals surface area contributed by atoms with Gasteiger partial charge in [-0.3, -0.25) is 19.4 Å². The average molecular weight is 497 g/mol. The van der Waals surface area contributed by atoms with Gasteiger partial charge in [-0.2, -0.15) is 0 Å². The van der Waals surface area contributed by atoms with Crippen molar-refractivity contribution < 1.29 is 23.7 Å². The average Bonchev–Trinajstić information content (AvgIpc) is 2.84. The fourth-order valence-electron chi connectivity index (χ4n) is 3.96. The maximum Gasteiger partial charge on any atom is 0.531 e. The number of benzene rings is 1. The van der Waals surface area contributed by atoms with Crippen molar-refractivity contribution in [1.29, 1.82) is 0 Å². The first-order chi connectivity index (χ1) is 16.8. The monoisotopic (exact) mass is 497 g/mol. The van der Waals surface area contributed by atoms with E-state index in [-0.39, 0.29) is 46.6 Å². The van der Waals surface area contributed by atoms with Gasteiger partial charge in [0, 0.05) is 36.5 Å². The standard InChI is InChI=1S/C25H32BN3O5S/c1-17(2)11-20(26-33-15-18(3)35-16-24(31)34-26)13-23(30)21(12-19-7-5-4-6-8-19)29-25(32)22-14-27-9-10-28-22/h4-10,14,17-18,20-21H,11-13,15-16H2,1-3H3,(H,29,32)/t18-,20+,21-/m0/s1. The lowest BCUT2D eigenvalue weighted by atomic mass is 9.64. The topological polar surface area (TPSA) is 107 Å². The molecular weight excluding hydrogens is 465 g/mol. The van der Waals surface area contributed by atoms with Crippen molar-refractivity contribution in [2.45, 2.75) is 57.1 Å². The molecule has 0 unspecified atom stereocenters. The molecule has 0 aliphatic carbocycles. The van der Waals surface area contributed by atoms with Crippen LogP contribution in [0.25, 0.3) is 0 Å². The van der Waals surface area contributed by atoms with Crippen LogP contribution in [-0.4, -0.2) is 58.4 Å². The fraction of sp³-hybridized carbons (Fsp3) is 0.480. The molecule has 0 spiro atoms. The third kappa shape index (κ3) is 8.78. The van der Waals surface area contributed by atoms with Gasteiger partial charge >= 0.3 is 7.12 Å². The van der Waals surface area contributed by atoms with Gasteiger partial charge in [0.25, 0.3) is 11.9 Å². The molecule has 3 rings (SSSR count). The number of nitrogens with zero attached hydrogens (tertiary/aromatic N) is 2. The minimum absolute atomic E-state index is 0.107. The number of carbonyl (C=O) groups is 3. The number of nitrogens with one attached hydrogen (secondary N) is 1. The van der Waals surface area contributed by atoms with Crippen molar-refractivity contribution in [3.63, 3.8) is 0 Å². The van der Waals surface area contributed by atoms with Crippen molar-refractivity contribution in [2.24, 2.45) is 5.92 Å². The molecule has 8 nitrogen and oxygen atoms in total. The van der Waals surface area contributed by atoms with Crippen LogP contribution in [0.3, 0.4) is 0 Å². The number of ketones is 1. The van der Waals surface area contributed by atoms with Gasteiger partial charge in [0.15, 0.2) is 5.78 Å². The van der Waals surface area contributed by atoms with Crippen LogP contribution in [0.4, 0.5) is 0 Å². The summed E-state index contributed by atoms with van der Waals surface area (Å²) in [6.45, 7) is 6.54. The zero-order valence-electron chi connectivity index (χ0n) is 20.4. The second-order valence-corrected chi connectivity index (χ2v) is 10.6. The minimum Gasteiger partial charge on any atom is -0.509 e. The van der Waals surface area contributed by atoms with Gasteiger partial charge in [0.2, 0.25) is 0 Å². The number of aromatic nitrogens is 2. The van der Waals surface area contributed by atoms with Crippen LogP contribution >= 0.6 is 11.8 Å². The lowest BCUT2D eigenvalue weighted by Gasteiger charge is -2.28. The molecule has 186 valence electrons. The van der Waals surface area contributed by atoms with Crippen molar-refractivity contribution in [2.75, 3.05) is 12.4 Å². The summed E-state index contributed by atoms with van der Waals surface area (Å²) in [6.07, 6.45) is 5.36. The van der Waals surface area contributed by atoms with Crippen LogP contribution in [0.5, 0.6) is 0 Å². The van der Waals surface area contributed by atoms with Gasteiger partial charge in [-0.25, -0.2) is 4.98 Å². The van der Waals surface area contributed by atoms with Crippen molar-refractivity contribution in [3.8, 4) is 0 Å². The molecule has 0 radical (unpaired) electrons. The molecule has 1 saturated heterocycles. The highest BCUT2D eigenvalue weighted by Crippen LogP contribution is 2.29. The van der Waals surface area contributed by atoms with Gasteiger partial charge in [-0.15, -0.1) is 11.8 Å². The summed E-state index contributed by atoms with van der Waals surface area (Å²) in [7, 11) is -0.801. The Kier molecular flexibility index (Phi) is 10.3. The van der Waals surface area contributed by atoms with E-state index in [1.54, 1.807) is 0 Å². The maximum atomic E-state index is 13.6. The highest BCUT2D eigenvalue weighted by atomic mass is 32.2. The Morgan fingerprint density at radius 1 is 1.23 bits per heavy atom. The molecule has 1 aliphatic heterocycles. The number of hydrogen-bond donors (Lipinski definition) is 1. The van der Waals surface area contributed by atoms with Crippen LogP contribution in [0.15, 0.2) is 48.9 Å². The third-order valence-corrected chi connectivity index (χ3v) is 6.73. The first kappa shape index (κ1) is 26.9. The second kappa shape index (κ2) is 13.4. The summed E-state index contributed by atoms with van der Waals surface area (Å²) in [5, 5.41) is 2.99. The molecule has 35 heavy (non-hydrogen) atoms. The normalized spacial score (nSPS) is 18.2. The molecule has 2 heterocycles. The Bertz CT molecular complexity index is 980. The van der Waals surface area contributed by atoms with Gasteiger partial charge in [0.05, 0.1) is 18.0 Å². The molecule has 1 fully saturated rings. The molecule has 2 aromatic rings. The summed E-state index contributed by atoms with van der Waals surface area (Å²) in [5.41, 5.74) is 1.06. The summed E-state index contributed by atoms with van der Waals surface area (Å²) in [5.74, 6) is -0.769. The van der Waals surface area contributed by atoms with Gasteiger partial charge in [-0.1, -0.05) is 51.1 Å². The smallest absolute Gasteiger partial charge is 0.509 e. The lowest BCUT2D eigenvalue weighted by molar-refractivity contribution is -0.133. The van der Waals surface area contributed by atoms with E-state index in [2.05, 4.69) is 29.1 Å². The highest BCUT2D eigenvalue weighted by Gasteiger charge is 2.39. The Morgan fingerprint density at radius 3 is 2.69 bits per heavy atom. The second-order valence-electron chi connectivity index (χ2n) is 9.18. The Morgan fingerprint density at radius 2 is 2.00 bits per heavy atom.